The van der Waals surface area contributed by atoms with Crippen molar-refractivity contribution in [3.8, 4) is 16.9 Å². The fourth-order valence-corrected chi connectivity index (χ4v) is 5.64. The number of ether oxygens (including phenoxy) is 3. The van der Waals surface area contributed by atoms with E-state index in [9.17, 15) is 14.4 Å². The number of benzene rings is 3. The first kappa shape index (κ1) is 26.0. The molecule has 8 nitrogen and oxygen atoms in total. The van der Waals surface area contributed by atoms with E-state index in [4.69, 9.17) is 25.8 Å². The van der Waals surface area contributed by atoms with Crippen molar-refractivity contribution in [2.75, 3.05) is 13.2 Å². The number of carbonyl (C=O) groups is 2. The second kappa shape index (κ2) is 10.4. The topological polar surface area (TPSA) is 87.1 Å². The average molecular weight is 559 g/mol. The number of rotatable bonds is 5. The van der Waals surface area contributed by atoms with Crippen molar-refractivity contribution < 1.29 is 23.8 Å². The minimum absolute atomic E-state index is 0.00150. The molecule has 6 rings (SSSR count). The highest BCUT2D eigenvalue weighted by Crippen LogP contribution is 2.42. The highest BCUT2D eigenvalue weighted by Gasteiger charge is 2.30. The summed E-state index contributed by atoms with van der Waals surface area (Å²) < 4.78 is 18.7. The molecule has 1 aromatic heterocycles. The summed E-state index contributed by atoms with van der Waals surface area (Å²) in [5.74, 6) is -0.0871. The highest BCUT2D eigenvalue weighted by molar-refractivity contribution is 6.32. The molecule has 204 valence electrons. The van der Waals surface area contributed by atoms with Crippen LogP contribution in [0.2, 0.25) is 5.02 Å². The number of carbonyl (C=O) groups excluding carboxylic acids is 2. The maximum absolute atomic E-state index is 13.3. The van der Waals surface area contributed by atoms with Crippen LogP contribution in [0, 0.1) is 0 Å². The van der Waals surface area contributed by atoms with Gasteiger partial charge in [-0.2, -0.15) is 0 Å². The molecule has 3 heterocycles. The smallest absolute Gasteiger partial charge is 0.410 e. The van der Waals surface area contributed by atoms with Crippen molar-refractivity contribution in [3.05, 3.63) is 98.3 Å². The number of hydrogen-bond acceptors (Lipinski definition) is 6. The van der Waals surface area contributed by atoms with Gasteiger partial charge in [0.1, 0.15) is 18.8 Å². The molecule has 0 unspecified atom stereocenters. The molecule has 1 amide bonds. The number of amides is 1. The Labute approximate surface area is 235 Å². The summed E-state index contributed by atoms with van der Waals surface area (Å²) in [6, 6.07) is 16.8. The van der Waals surface area contributed by atoms with Crippen molar-refractivity contribution in [3.63, 3.8) is 0 Å². The van der Waals surface area contributed by atoms with E-state index < -0.39 is 17.5 Å². The largest absolute Gasteiger partial charge is 0.489 e. The Balaban J connectivity index is 1.34. The lowest BCUT2D eigenvalue weighted by Crippen LogP contribution is -2.27. The number of pyridine rings is 1. The fraction of sp³-hybridized carbons (Fsp3) is 0.258. The zero-order valence-electron chi connectivity index (χ0n) is 22.1. The number of halogens is 1. The minimum Gasteiger partial charge on any atom is -0.489 e. The molecule has 0 saturated heterocycles. The van der Waals surface area contributed by atoms with Gasteiger partial charge in [-0.15, -0.1) is 0 Å². The lowest BCUT2D eigenvalue weighted by atomic mass is 9.96. The van der Waals surface area contributed by atoms with Gasteiger partial charge in [-0.1, -0.05) is 41.9 Å². The van der Waals surface area contributed by atoms with E-state index >= 15 is 0 Å². The standard InChI is InChI=1S/C31H27ClN2O6/c1-3-38-30(36)25-15-34-18(2)16-39-29-22(9-10-23(27(29)34)28(25)35)20-11-21-13-33(14-24(21)26(32)12-20)31(37)40-17-19-7-5-4-6-8-19/h4-12,15,18H,3,13-14,16-17H2,1-2H3/t18-/m0/s1. The molecular formula is C31H27ClN2O6. The molecule has 4 aromatic rings. The molecule has 1 atom stereocenters. The lowest BCUT2D eigenvalue weighted by molar-refractivity contribution is 0.0523. The van der Waals surface area contributed by atoms with E-state index in [0.29, 0.717) is 41.4 Å². The molecule has 0 N–H and O–H groups in total. The summed E-state index contributed by atoms with van der Waals surface area (Å²) in [5.41, 5.74) is 4.52. The van der Waals surface area contributed by atoms with Crippen molar-refractivity contribution in [1.82, 2.24) is 9.47 Å². The first-order valence-corrected chi connectivity index (χ1v) is 13.5. The Bertz CT molecular complexity index is 1720. The molecule has 0 fully saturated rings. The van der Waals surface area contributed by atoms with Gasteiger partial charge in [-0.3, -0.25) is 9.69 Å². The number of nitrogens with zero attached hydrogens (tertiary/aromatic N) is 2. The third kappa shape index (κ3) is 4.48. The van der Waals surface area contributed by atoms with Crippen LogP contribution in [-0.2, 0) is 29.2 Å². The Kier molecular flexibility index (Phi) is 6.72. The molecule has 2 aliphatic rings. The third-order valence-electron chi connectivity index (χ3n) is 7.36. The van der Waals surface area contributed by atoms with Gasteiger partial charge < -0.3 is 18.8 Å². The van der Waals surface area contributed by atoms with Crippen LogP contribution in [0.4, 0.5) is 4.79 Å². The first-order valence-electron chi connectivity index (χ1n) is 13.1. The monoisotopic (exact) mass is 558 g/mol. The molecular weight excluding hydrogens is 532 g/mol. The van der Waals surface area contributed by atoms with E-state index in [1.807, 2.05) is 60.0 Å². The summed E-state index contributed by atoms with van der Waals surface area (Å²) in [5, 5.41) is 0.924. The summed E-state index contributed by atoms with van der Waals surface area (Å²) in [4.78, 5) is 40.2. The van der Waals surface area contributed by atoms with Gasteiger partial charge in [0, 0.05) is 23.3 Å². The fourth-order valence-electron chi connectivity index (χ4n) is 5.34. The van der Waals surface area contributed by atoms with Gasteiger partial charge in [0.15, 0.2) is 5.75 Å². The van der Waals surface area contributed by atoms with Crippen LogP contribution in [0.5, 0.6) is 5.75 Å². The molecule has 9 heteroatoms. The van der Waals surface area contributed by atoms with Crippen molar-refractivity contribution in [1.29, 1.82) is 0 Å². The normalized spacial score (nSPS) is 15.5. The minimum atomic E-state index is -0.639. The predicted molar refractivity (Wildman–Crippen MR) is 151 cm³/mol. The van der Waals surface area contributed by atoms with Crippen LogP contribution in [0.1, 0.15) is 46.9 Å². The zero-order valence-corrected chi connectivity index (χ0v) is 22.9. The van der Waals surface area contributed by atoms with Gasteiger partial charge in [0.05, 0.1) is 30.1 Å². The van der Waals surface area contributed by atoms with Gasteiger partial charge in [-0.25, -0.2) is 9.59 Å². The number of hydrogen-bond donors (Lipinski definition) is 0. The molecule has 0 radical (unpaired) electrons. The Morgan fingerprint density at radius 3 is 2.65 bits per heavy atom. The van der Waals surface area contributed by atoms with Crippen molar-refractivity contribution >= 4 is 34.6 Å². The van der Waals surface area contributed by atoms with Crippen LogP contribution in [-0.4, -0.2) is 34.7 Å². The Morgan fingerprint density at radius 1 is 1.07 bits per heavy atom. The SMILES string of the molecule is CCOC(=O)c1cn2c3c(c(-c4cc(Cl)c5c(c4)CN(C(=O)OCc4ccccc4)C5)ccc3c1=O)OC[C@@H]2C. The van der Waals surface area contributed by atoms with Crippen molar-refractivity contribution in [2.24, 2.45) is 0 Å². The zero-order chi connectivity index (χ0) is 28.0. The second-order valence-electron chi connectivity index (χ2n) is 9.99. The maximum Gasteiger partial charge on any atom is 0.410 e. The van der Waals surface area contributed by atoms with Crippen LogP contribution in [0.25, 0.3) is 22.0 Å². The maximum atomic E-state index is 13.3. The highest BCUT2D eigenvalue weighted by atomic mass is 35.5. The van der Waals surface area contributed by atoms with E-state index in [0.717, 1.165) is 27.8 Å². The lowest BCUT2D eigenvalue weighted by Gasteiger charge is -2.28. The predicted octanol–water partition coefficient (Wildman–Crippen LogP) is 6.10. The van der Waals surface area contributed by atoms with Crippen molar-refractivity contribution in [2.45, 2.75) is 39.6 Å². The summed E-state index contributed by atoms with van der Waals surface area (Å²) >= 11 is 6.73. The number of fused-ring (bicyclic) bond motifs is 1. The van der Waals surface area contributed by atoms with E-state index in [2.05, 4.69) is 0 Å². The van der Waals surface area contributed by atoms with Gasteiger partial charge in [0.2, 0.25) is 5.43 Å². The third-order valence-corrected chi connectivity index (χ3v) is 7.70. The quantitative estimate of drug-likeness (QED) is 0.275. The van der Waals surface area contributed by atoms with Gasteiger partial charge >= 0.3 is 12.1 Å². The van der Waals surface area contributed by atoms with Gasteiger partial charge in [0.25, 0.3) is 0 Å². The molecule has 2 aliphatic heterocycles. The summed E-state index contributed by atoms with van der Waals surface area (Å²) in [6.45, 7) is 5.13. The van der Waals surface area contributed by atoms with E-state index in [-0.39, 0.29) is 24.8 Å². The average Bonchev–Trinajstić information content (AvgIpc) is 3.40. The molecule has 0 aliphatic carbocycles. The molecule has 0 saturated carbocycles. The molecule has 0 bridgehead atoms. The van der Waals surface area contributed by atoms with Crippen LogP contribution in [0.3, 0.4) is 0 Å². The second-order valence-corrected chi connectivity index (χ2v) is 10.4. The van der Waals surface area contributed by atoms with E-state index in [1.54, 1.807) is 24.1 Å². The first-order chi connectivity index (χ1) is 19.4. The van der Waals surface area contributed by atoms with Crippen LogP contribution >= 0.6 is 11.6 Å². The van der Waals surface area contributed by atoms with E-state index in [1.165, 1.54) is 0 Å². The molecule has 3 aromatic carbocycles. The Hall–Kier alpha value is -4.30. The summed E-state index contributed by atoms with van der Waals surface area (Å²) in [7, 11) is 0. The molecule has 40 heavy (non-hydrogen) atoms. The Morgan fingerprint density at radius 2 is 1.88 bits per heavy atom. The molecule has 0 spiro atoms. The van der Waals surface area contributed by atoms with Gasteiger partial charge in [-0.05, 0) is 60.4 Å². The van der Waals surface area contributed by atoms with Crippen LogP contribution < -0.4 is 10.2 Å². The van der Waals surface area contributed by atoms with Crippen LogP contribution in [0.15, 0.2) is 65.6 Å². The number of esters is 1. The number of aromatic nitrogens is 1. The summed E-state index contributed by atoms with van der Waals surface area (Å²) in [6.07, 6.45) is 1.16.